The molecule has 0 aliphatic heterocycles. The monoisotopic (exact) mass is 173 g/mol. The number of hydrogen-bond donors (Lipinski definition) is 2. The lowest BCUT2D eigenvalue weighted by Gasteiger charge is -2.01. The van der Waals surface area contributed by atoms with E-state index >= 15 is 0 Å². The molecule has 0 fully saturated rings. The largest absolute Gasteiger partial charge is 0.388 e. The van der Waals surface area contributed by atoms with E-state index in [-0.39, 0.29) is 0 Å². The summed E-state index contributed by atoms with van der Waals surface area (Å²) in [4.78, 5) is 7.24. The van der Waals surface area contributed by atoms with Crippen LogP contribution < -0.4 is 5.32 Å². The number of aromatic amines is 1. The van der Waals surface area contributed by atoms with Crippen LogP contribution in [0, 0.1) is 0 Å². The van der Waals surface area contributed by atoms with Crippen LogP contribution in [0.2, 0.25) is 0 Å². The predicted molar refractivity (Wildman–Crippen MR) is 53.6 cm³/mol. The van der Waals surface area contributed by atoms with Crippen LogP contribution in [-0.4, -0.2) is 17.0 Å². The fourth-order valence-electron chi connectivity index (χ4n) is 1.25. The summed E-state index contributed by atoms with van der Waals surface area (Å²) in [6.07, 6.45) is 3.57. The Hall–Kier alpha value is -1.77. The van der Waals surface area contributed by atoms with Crippen LogP contribution in [-0.2, 0) is 0 Å². The van der Waals surface area contributed by atoms with E-state index in [1.54, 1.807) is 6.20 Å². The zero-order chi connectivity index (χ0) is 9.10. The topological polar surface area (TPSA) is 40.7 Å². The van der Waals surface area contributed by atoms with E-state index in [4.69, 9.17) is 0 Å². The molecule has 0 unspecified atom stereocenters. The van der Waals surface area contributed by atoms with Gasteiger partial charge >= 0.3 is 0 Å². The Balaban J connectivity index is 2.41. The number of H-pyrrole nitrogens is 1. The Morgan fingerprint density at radius 1 is 1.38 bits per heavy atom. The SMILES string of the molecule is CNc1cccc(-c2ncc[nH]2)c1. The highest BCUT2D eigenvalue weighted by Gasteiger charge is 1.98. The number of anilines is 1. The summed E-state index contributed by atoms with van der Waals surface area (Å²) in [5.41, 5.74) is 2.19. The van der Waals surface area contributed by atoms with Crippen LogP contribution in [0.5, 0.6) is 0 Å². The van der Waals surface area contributed by atoms with Crippen LogP contribution in [0.1, 0.15) is 0 Å². The third-order valence-electron chi connectivity index (χ3n) is 1.92. The number of nitrogens with one attached hydrogen (secondary N) is 2. The van der Waals surface area contributed by atoms with Crippen LogP contribution in [0.25, 0.3) is 11.4 Å². The Labute approximate surface area is 76.8 Å². The molecule has 0 radical (unpaired) electrons. The molecule has 66 valence electrons. The third-order valence-corrected chi connectivity index (χ3v) is 1.92. The van der Waals surface area contributed by atoms with Crippen molar-refractivity contribution < 1.29 is 0 Å². The molecule has 0 atom stereocenters. The smallest absolute Gasteiger partial charge is 0.137 e. The Kier molecular flexibility index (Phi) is 2.00. The molecule has 0 saturated carbocycles. The van der Waals surface area contributed by atoms with Gasteiger partial charge in [0.25, 0.3) is 0 Å². The maximum absolute atomic E-state index is 4.18. The number of hydrogen-bond acceptors (Lipinski definition) is 2. The highest BCUT2D eigenvalue weighted by Crippen LogP contribution is 2.18. The maximum Gasteiger partial charge on any atom is 0.137 e. The van der Waals surface area contributed by atoms with Gasteiger partial charge in [0.05, 0.1) is 0 Å². The molecule has 2 aromatic rings. The Morgan fingerprint density at radius 3 is 3.00 bits per heavy atom. The van der Waals surface area contributed by atoms with Gasteiger partial charge in [-0.2, -0.15) is 0 Å². The summed E-state index contributed by atoms with van der Waals surface area (Å²) < 4.78 is 0. The zero-order valence-corrected chi connectivity index (χ0v) is 7.41. The average molecular weight is 173 g/mol. The van der Waals surface area contributed by atoms with E-state index in [1.165, 1.54) is 0 Å². The summed E-state index contributed by atoms with van der Waals surface area (Å²) in [5, 5.41) is 3.09. The minimum Gasteiger partial charge on any atom is -0.388 e. The second-order valence-electron chi connectivity index (χ2n) is 2.77. The first-order chi connectivity index (χ1) is 6.40. The summed E-state index contributed by atoms with van der Waals surface area (Å²) >= 11 is 0. The van der Waals surface area contributed by atoms with Crippen molar-refractivity contribution in [1.82, 2.24) is 9.97 Å². The van der Waals surface area contributed by atoms with Gasteiger partial charge in [-0.1, -0.05) is 12.1 Å². The molecule has 13 heavy (non-hydrogen) atoms. The molecule has 0 bridgehead atoms. The lowest BCUT2D eigenvalue weighted by atomic mass is 10.2. The Morgan fingerprint density at radius 2 is 2.31 bits per heavy atom. The molecular formula is C10H11N3. The van der Waals surface area contributed by atoms with Crippen LogP contribution >= 0.6 is 0 Å². The van der Waals surface area contributed by atoms with Crippen molar-refractivity contribution in [3.63, 3.8) is 0 Å². The molecule has 1 aromatic heterocycles. The number of imidazole rings is 1. The van der Waals surface area contributed by atoms with Gasteiger partial charge in [-0.05, 0) is 12.1 Å². The molecule has 2 N–H and O–H groups in total. The molecular weight excluding hydrogens is 162 g/mol. The second-order valence-corrected chi connectivity index (χ2v) is 2.77. The zero-order valence-electron chi connectivity index (χ0n) is 7.41. The number of aromatic nitrogens is 2. The van der Waals surface area contributed by atoms with Crippen molar-refractivity contribution in [2.24, 2.45) is 0 Å². The van der Waals surface area contributed by atoms with Crippen molar-refractivity contribution in [3.05, 3.63) is 36.7 Å². The highest BCUT2D eigenvalue weighted by molar-refractivity contribution is 5.61. The summed E-state index contributed by atoms with van der Waals surface area (Å²) in [5.74, 6) is 0.900. The molecule has 0 aliphatic carbocycles. The van der Waals surface area contributed by atoms with E-state index in [9.17, 15) is 0 Å². The molecule has 2 rings (SSSR count). The normalized spacial score (nSPS) is 9.92. The van der Waals surface area contributed by atoms with E-state index in [0.29, 0.717) is 0 Å². The van der Waals surface area contributed by atoms with E-state index in [0.717, 1.165) is 17.1 Å². The quantitative estimate of drug-likeness (QED) is 0.730. The molecule has 0 spiro atoms. The van der Waals surface area contributed by atoms with Gasteiger partial charge in [0.1, 0.15) is 5.82 Å². The number of benzene rings is 1. The summed E-state index contributed by atoms with van der Waals surface area (Å²) in [6.45, 7) is 0. The molecule has 0 aliphatic rings. The van der Waals surface area contributed by atoms with Gasteiger partial charge in [0, 0.05) is 30.7 Å². The highest BCUT2D eigenvalue weighted by atomic mass is 14.9. The molecule has 1 aromatic carbocycles. The van der Waals surface area contributed by atoms with E-state index in [2.05, 4.69) is 21.4 Å². The molecule has 1 heterocycles. The fraction of sp³-hybridized carbons (Fsp3) is 0.100. The van der Waals surface area contributed by atoms with Gasteiger partial charge in [0.15, 0.2) is 0 Å². The van der Waals surface area contributed by atoms with Gasteiger partial charge in [-0.15, -0.1) is 0 Å². The van der Waals surface area contributed by atoms with Gasteiger partial charge in [0.2, 0.25) is 0 Å². The summed E-state index contributed by atoms with van der Waals surface area (Å²) in [6, 6.07) is 8.11. The molecule has 3 nitrogen and oxygen atoms in total. The van der Waals surface area contributed by atoms with Crippen LogP contribution in [0.15, 0.2) is 36.7 Å². The second kappa shape index (κ2) is 3.31. The van der Waals surface area contributed by atoms with Gasteiger partial charge in [-0.3, -0.25) is 0 Å². The van der Waals surface area contributed by atoms with E-state index in [1.807, 2.05) is 31.4 Å². The van der Waals surface area contributed by atoms with Crippen LogP contribution in [0.4, 0.5) is 5.69 Å². The van der Waals surface area contributed by atoms with Crippen molar-refractivity contribution >= 4 is 5.69 Å². The minimum atomic E-state index is 0.900. The predicted octanol–water partition coefficient (Wildman–Crippen LogP) is 2.12. The Bertz CT molecular complexity index is 379. The first kappa shape index (κ1) is 7.86. The van der Waals surface area contributed by atoms with Crippen molar-refractivity contribution in [3.8, 4) is 11.4 Å². The maximum atomic E-state index is 4.18. The van der Waals surface area contributed by atoms with Crippen molar-refractivity contribution in [1.29, 1.82) is 0 Å². The lowest BCUT2D eigenvalue weighted by molar-refractivity contribution is 1.31. The standard InChI is InChI=1S/C10H11N3/c1-11-9-4-2-3-8(7-9)10-12-5-6-13-10/h2-7,11H,1H3,(H,12,13). The lowest BCUT2D eigenvalue weighted by Crippen LogP contribution is -1.88. The van der Waals surface area contributed by atoms with Crippen LogP contribution in [0.3, 0.4) is 0 Å². The van der Waals surface area contributed by atoms with E-state index < -0.39 is 0 Å². The average Bonchev–Trinajstić information content (AvgIpc) is 2.71. The number of rotatable bonds is 2. The minimum absolute atomic E-state index is 0.900. The summed E-state index contributed by atoms with van der Waals surface area (Å²) in [7, 11) is 1.90. The molecule has 0 amide bonds. The first-order valence-corrected chi connectivity index (χ1v) is 4.18. The number of nitrogens with zero attached hydrogens (tertiary/aromatic N) is 1. The van der Waals surface area contributed by atoms with Gasteiger partial charge in [-0.25, -0.2) is 4.98 Å². The fourth-order valence-corrected chi connectivity index (χ4v) is 1.25. The molecule has 0 saturated heterocycles. The third kappa shape index (κ3) is 1.54. The van der Waals surface area contributed by atoms with Gasteiger partial charge < -0.3 is 10.3 Å². The molecule has 3 heteroatoms. The van der Waals surface area contributed by atoms with Crippen molar-refractivity contribution in [2.45, 2.75) is 0 Å². The van der Waals surface area contributed by atoms with Crippen molar-refractivity contribution in [2.75, 3.05) is 12.4 Å². The first-order valence-electron chi connectivity index (χ1n) is 4.18.